The molecular formula is C29H24FN3O3S2. The van der Waals surface area contributed by atoms with Crippen LogP contribution in [0.15, 0.2) is 90.0 Å². The van der Waals surface area contributed by atoms with E-state index in [1.54, 1.807) is 37.2 Å². The molecule has 0 saturated heterocycles. The van der Waals surface area contributed by atoms with E-state index in [4.69, 9.17) is 21.7 Å². The van der Waals surface area contributed by atoms with Crippen LogP contribution in [0.5, 0.6) is 17.2 Å². The van der Waals surface area contributed by atoms with Gasteiger partial charge in [-0.3, -0.25) is 9.78 Å². The van der Waals surface area contributed by atoms with Crippen LogP contribution in [0.25, 0.3) is 0 Å². The number of thiocarbonyl (C=S) groups is 1. The second-order valence-corrected chi connectivity index (χ2v) is 10.2. The quantitative estimate of drug-likeness (QED) is 0.258. The summed E-state index contributed by atoms with van der Waals surface area (Å²) >= 11 is 6.86. The van der Waals surface area contributed by atoms with Gasteiger partial charge in [0.25, 0.3) is 0 Å². The number of carbonyl (C=O) groups is 1. The highest BCUT2D eigenvalue weighted by Gasteiger charge is 2.28. The predicted molar refractivity (Wildman–Crippen MR) is 151 cm³/mol. The van der Waals surface area contributed by atoms with Crippen LogP contribution < -0.4 is 20.1 Å². The lowest BCUT2D eigenvalue weighted by atomic mass is 10.1. The van der Waals surface area contributed by atoms with Gasteiger partial charge in [0.2, 0.25) is 5.91 Å². The Bertz CT molecular complexity index is 1480. The van der Waals surface area contributed by atoms with Crippen LogP contribution >= 0.6 is 24.0 Å². The molecule has 2 N–H and O–H groups in total. The first-order valence-corrected chi connectivity index (χ1v) is 13.2. The number of nitrogens with zero attached hydrogens (tertiary/aromatic N) is 1. The average Bonchev–Trinajstić information content (AvgIpc) is 3.36. The zero-order valence-corrected chi connectivity index (χ0v) is 22.1. The summed E-state index contributed by atoms with van der Waals surface area (Å²) in [5.74, 6) is 0.605. The van der Waals surface area contributed by atoms with E-state index in [-0.39, 0.29) is 28.4 Å². The maximum atomic E-state index is 15.0. The summed E-state index contributed by atoms with van der Waals surface area (Å²) in [5, 5.41) is 5.71. The monoisotopic (exact) mass is 545 g/mol. The summed E-state index contributed by atoms with van der Waals surface area (Å²) in [6, 6.07) is 23.5. The third-order valence-corrected chi connectivity index (χ3v) is 7.52. The van der Waals surface area contributed by atoms with Crippen molar-refractivity contribution in [3.05, 3.63) is 108 Å². The van der Waals surface area contributed by atoms with Crippen molar-refractivity contribution in [2.24, 2.45) is 0 Å². The highest BCUT2D eigenvalue weighted by Crippen LogP contribution is 2.50. The van der Waals surface area contributed by atoms with Gasteiger partial charge in [0.05, 0.1) is 24.1 Å². The van der Waals surface area contributed by atoms with Gasteiger partial charge in [0, 0.05) is 35.7 Å². The SMILES string of the molecule is COc1cccc(C2Cc3nccc(Oc4ccc(NC(=S)NC(=O)Cc5ccccc5)cc4F)c3S2)c1. The van der Waals surface area contributed by atoms with Gasteiger partial charge in [0.1, 0.15) is 11.5 Å². The maximum Gasteiger partial charge on any atom is 0.230 e. The molecule has 0 radical (unpaired) electrons. The molecule has 1 amide bonds. The second kappa shape index (κ2) is 11.6. The average molecular weight is 546 g/mol. The van der Waals surface area contributed by atoms with Crippen molar-refractivity contribution in [1.82, 2.24) is 10.3 Å². The van der Waals surface area contributed by atoms with Gasteiger partial charge in [-0.1, -0.05) is 42.5 Å². The second-order valence-electron chi connectivity index (χ2n) is 8.58. The van der Waals surface area contributed by atoms with Gasteiger partial charge in [-0.25, -0.2) is 4.39 Å². The minimum atomic E-state index is -0.564. The Morgan fingerprint density at radius 3 is 2.71 bits per heavy atom. The molecule has 9 heteroatoms. The first-order valence-electron chi connectivity index (χ1n) is 11.9. The van der Waals surface area contributed by atoms with E-state index in [9.17, 15) is 9.18 Å². The van der Waals surface area contributed by atoms with Gasteiger partial charge in [-0.05, 0) is 47.6 Å². The lowest BCUT2D eigenvalue weighted by Gasteiger charge is -2.13. The van der Waals surface area contributed by atoms with Gasteiger partial charge < -0.3 is 20.1 Å². The fraction of sp³-hybridized carbons (Fsp3) is 0.138. The molecule has 1 atom stereocenters. The van der Waals surface area contributed by atoms with Crippen LogP contribution in [0.2, 0.25) is 0 Å². The van der Waals surface area contributed by atoms with E-state index in [1.807, 2.05) is 48.5 Å². The van der Waals surface area contributed by atoms with Crippen LogP contribution in [0.3, 0.4) is 0 Å². The molecular weight excluding hydrogens is 521 g/mol. The summed E-state index contributed by atoms with van der Waals surface area (Å²) in [7, 11) is 1.65. The summed E-state index contributed by atoms with van der Waals surface area (Å²) in [4.78, 5) is 17.6. The molecule has 38 heavy (non-hydrogen) atoms. The van der Waals surface area contributed by atoms with Crippen molar-refractivity contribution < 1.29 is 18.7 Å². The molecule has 0 saturated carbocycles. The van der Waals surface area contributed by atoms with E-state index in [1.165, 1.54) is 12.1 Å². The third kappa shape index (κ3) is 6.12. The van der Waals surface area contributed by atoms with E-state index in [0.717, 1.165) is 33.9 Å². The van der Waals surface area contributed by atoms with Crippen LogP contribution in [0, 0.1) is 5.82 Å². The molecule has 3 aromatic carbocycles. The van der Waals surface area contributed by atoms with Crippen LogP contribution in [-0.4, -0.2) is 23.1 Å². The molecule has 0 bridgehead atoms. The van der Waals surface area contributed by atoms with E-state index < -0.39 is 5.82 Å². The topological polar surface area (TPSA) is 72.5 Å². The Kier molecular flexibility index (Phi) is 7.86. The molecule has 1 aromatic heterocycles. The summed E-state index contributed by atoms with van der Waals surface area (Å²) in [6.07, 6.45) is 2.60. The fourth-order valence-corrected chi connectivity index (χ4v) is 5.64. The van der Waals surface area contributed by atoms with Crippen LogP contribution in [0.4, 0.5) is 10.1 Å². The predicted octanol–water partition coefficient (Wildman–Crippen LogP) is 6.47. The van der Waals surface area contributed by atoms with Crippen molar-refractivity contribution in [2.45, 2.75) is 23.0 Å². The molecule has 0 aliphatic carbocycles. The Balaban J connectivity index is 1.23. The number of halogens is 1. The largest absolute Gasteiger partial charge is 0.497 e. The normalized spacial score (nSPS) is 13.9. The molecule has 0 spiro atoms. The highest BCUT2D eigenvalue weighted by atomic mass is 32.2. The summed E-state index contributed by atoms with van der Waals surface area (Å²) < 4.78 is 26.3. The Hall–Kier alpha value is -3.95. The van der Waals surface area contributed by atoms with E-state index in [0.29, 0.717) is 11.4 Å². The lowest BCUT2D eigenvalue weighted by molar-refractivity contribution is -0.119. The molecule has 1 aliphatic heterocycles. The first kappa shape index (κ1) is 25.7. The standard InChI is InChI=1S/C29H24FN3O3S2/c1-35-21-9-5-8-19(15-21)26-17-23-28(38-26)25(12-13-31-23)36-24-11-10-20(16-22(24)30)32-29(37)33-27(34)14-18-6-3-2-4-7-18/h2-13,15-16,26H,14,17H2,1H3,(H2,32,33,34,37). The van der Waals surface area contributed by atoms with Gasteiger partial charge in [-0.15, -0.1) is 11.8 Å². The van der Waals surface area contributed by atoms with Crippen LogP contribution in [-0.2, 0) is 17.6 Å². The Morgan fingerprint density at radius 2 is 1.92 bits per heavy atom. The van der Waals surface area contributed by atoms with Crippen molar-refractivity contribution in [3.8, 4) is 17.2 Å². The number of hydrogen-bond donors (Lipinski definition) is 2. The molecule has 192 valence electrons. The summed E-state index contributed by atoms with van der Waals surface area (Å²) in [6.45, 7) is 0. The molecule has 2 heterocycles. The number of aromatic nitrogens is 1. The minimum Gasteiger partial charge on any atom is -0.497 e. The zero-order chi connectivity index (χ0) is 26.5. The number of rotatable bonds is 7. The third-order valence-electron chi connectivity index (χ3n) is 5.92. The number of benzene rings is 3. The van der Waals surface area contributed by atoms with Crippen molar-refractivity contribution in [3.63, 3.8) is 0 Å². The number of hydrogen-bond acceptors (Lipinski definition) is 6. The maximum absolute atomic E-state index is 15.0. The Labute approximate surface area is 229 Å². The molecule has 1 aliphatic rings. The molecule has 5 rings (SSSR count). The molecule has 0 fully saturated rings. The number of ether oxygens (including phenoxy) is 2. The van der Waals surface area contributed by atoms with Gasteiger partial charge in [-0.2, -0.15) is 0 Å². The minimum absolute atomic E-state index is 0.0772. The van der Waals surface area contributed by atoms with Crippen molar-refractivity contribution >= 4 is 40.7 Å². The molecule has 1 unspecified atom stereocenters. The molecule has 6 nitrogen and oxygen atoms in total. The number of pyridine rings is 1. The number of thioether (sulfide) groups is 1. The van der Waals surface area contributed by atoms with Gasteiger partial charge in [0.15, 0.2) is 16.7 Å². The Morgan fingerprint density at radius 1 is 1.08 bits per heavy atom. The number of nitrogens with one attached hydrogen (secondary N) is 2. The summed E-state index contributed by atoms with van der Waals surface area (Å²) in [5.41, 5.74) is 3.31. The number of carbonyl (C=O) groups excluding carboxylic acids is 1. The zero-order valence-electron chi connectivity index (χ0n) is 20.4. The van der Waals surface area contributed by atoms with Crippen LogP contribution in [0.1, 0.15) is 22.1 Å². The van der Waals surface area contributed by atoms with Crippen molar-refractivity contribution in [1.29, 1.82) is 0 Å². The number of methoxy groups -OCH3 is 1. The number of amides is 1. The first-order chi connectivity index (χ1) is 18.5. The number of anilines is 1. The smallest absolute Gasteiger partial charge is 0.230 e. The van der Waals surface area contributed by atoms with E-state index in [2.05, 4.69) is 21.7 Å². The number of fused-ring (bicyclic) bond motifs is 1. The molecule has 4 aromatic rings. The lowest BCUT2D eigenvalue weighted by Crippen LogP contribution is -2.35. The van der Waals surface area contributed by atoms with E-state index >= 15 is 0 Å². The van der Waals surface area contributed by atoms with Crippen molar-refractivity contribution in [2.75, 3.05) is 12.4 Å². The highest BCUT2D eigenvalue weighted by molar-refractivity contribution is 8.00. The fourth-order valence-electron chi connectivity index (χ4n) is 4.10. The van der Waals surface area contributed by atoms with Gasteiger partial charge >= 0.3 is 0 Å².